The van der Waals surface area contributed by atoms with Gasteiger partial charge in [-0.25, -0.2) is 4.79 Å². The summed E-state index contributed by atoms with van der Waals surface area (Å²) in [5, 5.41) is 12.7. The van der Waals surface area contributed by atoms with Crippen molar-refractivity contribution in [2.45, 2.75) is 0 Å². The minimum atomic E-state index is -1.34. The zero-order valence-electron chi connectivity index (χ0n) is 14.4. The van der Waals surface area contributed by atoms with Gasteiger partial charge < -0.3 is 24.6 Å². The van der Waals surface area contributed by atoms with E-state index in [1.807, 2.05) is 0 Å². The van der Waals surface area contributed by atoms with Gasteiger partial charge in [0.2, 0.25) is 5.75 Å². The molecule has 0 aliphatic rings. The van der Waals surface area contributed by atoms with Crippen LogP contribution in [0.2, 0.25) is 0 Å². The first-order valence-electron chi connectivity index (χ1n) is 7.61. The van der Waals surface area contributed by atoms with Crippen LogP contribution in [0, 0.1) is 0 Å². The maximum atomic E-state index is 14.2. The summed E-state index contributed by atoms with van der Waals surface area (Å²) in [6.45, 7) is 0. The Morgan fingerprint density at radius 1 is 1.08 bits per heavy atom. The number of benzene rings is 2. The lowest BCUT2D eigenvalue weighted by Crippen LogP contribution is -2.00. The van der Waals surface area contributed by atoms with Gasteiger partial charge in [-0.15, -0.1) is 0 Å². The summed E-state index contributed by atoms with van der Waals surface area (Å²) >= 11 is 0. The number of halogens is 1. The summed E-state index contributed by atoms with van der Waals surface area (Å²) in [5.74, 6) is 0.0101. The SMILES string of the molecule is COc1cc(Nc2cccc3c2cc(C(=O)O)n3F)cc(OC)c1OC. The molecule has 2 aromatic carbocycles. The van der Waals surface area contributed by atoms with Gasteiger partial charge in [0.1, 0.15) is 0 Å². The molecular formula is C18H17FN2O5. The van der Waals surface area contributed by atoms with Crippen LogP contribution in [0.4, 0.5) is 15.9 Å². The third-order valence-electron chi connectivity index (χ3n) is 3.95. The van der Waals surface area contributed by atoms with E-state index < -0.39 is 11.7 Å². The number of carboxylic acids is 1. The second-order valence-electron chi connectivity index (χ2n) is 5.39. The number of aromatic carboxylic acids is 1. The second-order valence-corrected chi connectivity index (χ2v) is 5.39. The topological polar surface area (TPSA) is 82.0 Å². The van der Waals surface area contributed by atoms with Crippen molar-refractivity contribution < 1.29 is 28.6 Å². The number of carboxylic acid groups (broad SMARTS) is 1. The molecule has 0 bridgehead atoms. The summed E-state index contributed by atoms with van der Waals surface area (Å²) < 4.78 is 30.1. The molecule has 1 heterocycles. The number of nitrogens with one attached hydrogen (secondary N) is 1. The summed E-state index contributed by atoms with van der Waals surface area (Å²) in [6, 6.07) is 9.52. The Morgan fingerprint density at radius 3 is 2.27 bits per heavy atom. The number of ether oxygens (including phenoxy) is 3. The van der Waals surface area contributed by atoms with E-state index in [1.54, 1.807) is 24.3 Å². The lowest BCUT2D eigenvalue weighted by molar-refractivity contribution is 0.0674. The standard InChI is InChI=1S/C18H17FN2O5/c1-24-15-7-10(8-16(25-2)17(15)26-3)20-12-5-4-6-13-11(12)9-14(18(22)23)21(13)19/h4-9,20H,1-3H3,(H,22,23). The molecule has 0 aliphatic heterocycles. The minimum absolute atomic E-state index is 0.151. The van der Waals surface area contributed by atoms with Crippen LogP contribution in [0.5, 0.6) is 17.2 Å². The first-order valence-corrected chi connectivity index (χ1v) is 7.61. The molecule has 136 valence electrons. The van der Waals surface area contributed by atoms with E-state index in [2.05, 4.69) is 5.32 Å². The molecule has 0 radical (unpaired) electrons. The lowest BCUT2D eigenvalue weighted by Gasteiger charge is -2.15. The Kier molecular flexibility index (Phi) is 4.57. The van der Waals surface area contributed by atoms with Crippen LogP contribution >= 0.6 is 0 Å². The first kappa shape index (κ1) is 17.4. The van der Waals surface area contributed by atoms with Crippen LogP contribution in [0.15, 0.2) is 36.4 Å². The second kappa shape index (κ2) is 6.83. The summed E-state index contributed by atoms with van der Waals surface area (Å²) in [5.41, 5.74) is 0.852. The number of fused-ring (bicyclic) bond motifs is 1. The number of methoxy groups -OCH3 is 3. The first-order chi connectivity index (χ1) is 12.5. The van der Waals surface area contributed by atoms with Gasteiger partial charge in [-0.05, 0) is 18.2 Å². The van der Waals surface area contributed by atoms with Gasteiger partial charge in [-0.1, -0.05) is 10.5 Å². The van der Waals surface area contributed by atoms with E-state index in [1.165, 1.54) is 33.5 Å². The highest BCUT2D eigenvalue weighted by Gasteiger charge is 2.18. The molecule has 1 aromatic heterocycles. The van der Waals surface area contributed by atoms with Crippen LogP contribution in [-0.2, 0) is 0 Å². The van der Waals surface area contributed by atoms with E-state index >= 15 is 0 Å². The van der Waals surface area contributed by atoms with Crippen LogP contribution in [0.25, 0.3) is 10.9 Å². The third-order valence-corrected chi connectivity index (χ3v) is 3.95. The molecular weight excluding hydrogens is 343 g/mol. The zero-order chi connectivity index (χ0) is 18.8. The van der Waals surface area contributed by atoms with E-state index in [0.29, 0.717) is 34.0 Å². The third kappa shape index (κ3) is 2.85. The Morgan fingerprint density at radius 2 is 1.73 bits per heavy atom. The Balaban J connectivity index is 2.09. The van der Waals surface area contributed by atoms with Crippen molar-refractivity contribution >= 4 is 28.2 Å². The van der Waals surface area contributed by atoms with Crippen molar-refractivity contribution in [2.24, 2.45) is 0 Å². The fourth-order valence-corrected chi connectivity index (χ4v) is 2.76. The van der Waals surface area contributed by atoms with Crippen molar-refractivity contribution in [2.75, 3.05) is 26.6 Å². The smallest absolute Gasteiger partial charge is 0.355 e. The number of hydrogen-bond donors (Lipinski definition) is 2. The summed E-state index contributed by atoms with van der Waals surface area (Å²) in [7, 11) is 4.51. The summed E-state index contributed by atoms with van der Waals surface area (Å²) in [6.07, 6.45) is 0. The molecule has 0 unspecified atom stereocenters. The fourth-order valence-electron chi connectivity index (χ4n) is 2.76. The van der Waals surface area contributed by atoms with Crippen molar-refractivity contribution in [3.05, 3.63) is 42.1 Å². The highest BCUT2D eigenvalue weighted by Crippen LogP contribution is 2.41. The van der Waals surface area contributed by atoms with Crippen molar-refractivity contribution in [1.82, 2.24) is 4.79 Å². The average molecular weight is 360 g/mol. The van der Waals surface area contributed by atoms with Gasteiger partial charge in [0, 0.05) is 28.9 Å². The highest BCUT2D eigenvalue weighted by molar-refractivity contribution is 6.00. The number of aromatic nitrogens is 1. The normalized spacial score (nSPS) is 10.6. The van der Waals surface area contributed by atoms with Crippen molar-refractivity contribution in [3.63, 3.8) is 0 Å². The van der Waals surface area contributed by atoms with Crippen LogP contribution in [-0.4, -0.2) is 37.2 Å². The van der Waals surface area contributed by atoms with Gasteiger partial charge in [0.25, 0.3) is 0 Å². The Hall–Kier alpha value is -3.42. The van der Waals surface area contributed by atoms with E-state index in [-0.39, 0.29) is 10.3 Å². The molecule has 0 saturated heterocycles. The van der Waals surface area contributed by atoms with Crippen molar-refractivity contribution in [1.29, 1.82) is 0 Å². The maximum absolute atomic E-state index is 14.2. The van der Waals surface area contributed by atoms with Crippen LogP contribution < -0.4 is 19.5 Å². The molecule has 0 fully saturated rings. The average Bonchev–Trinajstić information content (AvgIpc) is 2.99. The molecule has 7 nitrogen and oxygen atoms in total. The molecule has 2 N–H and O–H groups in total. The molecule has 0 amide bonds. The van der Waals surface area contributed by atoms with Crippen molar-refractivity contribution in [3.8, 4) is 17.2 Å². The molecule has 0 atom stereocenters. The highest BCUT2D eigenvalue weighted by atomic mass is 19.2. The number of nitrogens with zero attached hydrogens (tertiary/aromatic N) is 1. The summed E-state index contributed by atoms with van der Waals surface area (Å²) in [4.78, 5) is 11.3. The van der Waals surface area contributed by atoms with Crippen LogP contribution in [0.3, 0.4) is 0 Å². The van der Waals surface area contributed by atoms with Gasteiger partial charge in [-0.2, -0.15) is 4.79 Å². The predicted octanol–water partition coefficient (Wildman–Crippen LogP) is 3.84. The molecule has 8 heteroatoms. The van der Waals surface area contributed by atoms with Gasteiger partial charge in [0.15, 0.2) is 17.2 Å². The quantitative estimate of drug-likeness (QED) is 0.695. The number of carbonyl (C=O) groups is 1. The maximum Gasteiger partial charge on any atom is 0.355 e. The Bertz CT molecular complexity index is 958. The monoisotopic (exact) mass is 360 g/mol. The van der Waals surface area contributed by atoms with E-state index in [4.69, 9.17) is 19.3 Å². The van der Waals surface area contributed by atoms with E-state index in [9.17, 15) is 9.28 Å². The molecule has 26 heavy (non-hydrogen) atoms. The molecule has 0 aliphatic carbocycles. The molecule has 0 spiro atoms. The van der Waals surface area contributed by atoms with Gasteiger partial charge >= 0.3 is 5.97 Å². The zero-order valence-corrected chi connectivity index (χ0v) is 14.4. The lowest BCUT2D eigenvalue weighted by atomic mass is 10.2. The number of rotatable bonds is 6. The van der Waals surface area contributed by atoms with Crippen LogP contribution in [0.1, 0.15) is 10.5 Å². The molecule has 3 rings (SSSR count). The number of hydrogen-bond acceptors (Lipinski definition) is 5. The minimum Gasteiger partial charge on any atom is -0.493 e. The largest absolute Gasteiger partial charge is 0.493 e. The van der Waals surface area contributed by atoms with Gasteiger partial charge in [-0.3, -0.25) is 0 Å². The fraction of sp³-hybridized carbons (Fsp3) is 0.167. The molecule has 3 aromatic rings. The predicted molar refractivity (Wildman–Crippen MR) is 94.8 cm³/mol. The number of anilines is 2. The van der Waals surface area contributed by atoms with Gasteiger partial charge in [0.05, 0.1) is 26.8 Å². The Labute approximate surface area is 148 Å². The molecule has 0 saturated carbocycles. The van der Waals surface area contributed by atoms with E-state index in [0.717, 1.165) is 0 Å².